The van der Waals surface area contributed by atoms with Crippen LogP contribution in [0.2, 0.25) is 0 Å². The molecular weight excluding hydrogens is 322 g/mol. The van der Waals surface area contributed by atoms with E-state index in [1.165, 1.54) is 6.21 Å². The lowest BCUT2D eigenvalue weighted by Gasteiger charge is -2.13. The van der Waals surface area contributed by atoms with E-state index < -0.39 is 0 Å². The van der Waals surface area contributed by atoms with E-state index in [1.807, 2.05) is 73.8 Å². The number of hydrogen-bond acceptors (Lipinski definition) is 4. The van der Waals surface area contributed by atoms with E-state index in [1.54, 1.807) is 12.4 Å². The van der Waals surface area contributed by atoms with E-state index in [9.17, 15) is 0 Å². The van der Waals surface area contributed by atoms with Crippen LogP contribution >= 0.6 is 0 Å². The zero-order chi connectivity index (χ0) is 18.2. The van der Waals surface area contributed by atoms with Gasteiger partial charge in [-0.25, -0.2) is 0 Å². The maximum absolute atomic E-state index is 7.82. The normalized spacial score (nSPS) is 11.4. The summed E-state index contributed by atoms with van der Waals surface area (Å²) in [7, 11) is 1.86. The summed E-state index contributed by atoms with van der Waals surface area (Å²) in [5.41, 5.74) is 4.78. The number of nitrogens with zero attached hydrogens (tertiary/aromatic N) is 1. The molecule has 0 amide bonds. The van der Waals surface area contributed by atoms with E-state index >= 15 is 0 Å². The Balaban J connectivity index is 1.81. The molecule has 0 unspecified atom stereocenters. The van der Waals surface area contributed by atoms with Crippen molar-refractivity contribution in [3.63, 3.8) is 0 Å². The highest BCUT2D eigenvalue weighted by Crippen LogP contribution is 2.24. The second-order valence-corrected chi connectivity index (χ2v) is 5.72. The highest BCUT2D eigenvalue weighted by Gasteiger charge is 2.09. The molecule has 2 aromatic carbocycles. The van der Waals surface area contributed by atoms with Crippen molar-refractivity contribution in [3.8, 4) is 5.75 Å². The summed E-state index contributed by atoms with van der Waals surface area (Å²) in [6.45, 7) is 0.539. The summed E-state index contributed by atoms with van der Waals surface area (Å²) in [6, 6.07) is 21.8. The van der Waals surface area contributed by atoms with Gasteiger partial charge in [-0.2, -0.15) is 0 Å². The third kappa shape index (κ3) is 4.16. The first-order chi connectivity index (χ1) is 12.8. The van der Waals surface area contributed by atoms with Crippen molar-refractivity contribution in [2.24, 2.45) is 0 Å². The van der Waals surface area contributed by atoms with Crippen LogP contribution in [0.3, 0.4) is 0 Å². The van der Waals surface area contributed by atoms with Crippen molar-refractivity contribution in [2.45, 2.75) is 6.61 Å². The van der Waals surface area contributed by atoms with Gasteiger partial charge in [-0.1, -0.05) is 30.3 Å². The Morgan fingerprint density at radius 2 is 1.65 bits per heavy atom. The number of benzene rings is 2. The van der Waals surface area contributed by atoms with Crippen molar-refractivity contribution in [1.29, 1.82) is 5.41 Å². The summed E-state index contributed by atoms with van der Waals surface area (Å²) >= 11 is 0. The number of nitrogens with one attached hydrogen (secondary N) is 2. The van der Waals surface area contributed by atoms with Crippen molar-refractivity contribution < 1.29 is 4.74 Å². The lowest BCUT2D eigenvalue weighted by atomic mass is 10.0. The molecule has 4 nitrogen and oxygen atoms in total. The Morgan fingerprint density at radius 3 is 2.27 bits per heavy atom. The monoisotopic (exact) mass is 343 g/mol. The molecule has 0 bridgehead atoms. The molecule has 0 spiro atoms. The van der Waals surface area contributed by atoms with E-state index in [0.29, 0.717) is 6.61 Å². The van der Waals surface area contributed by atoms with Crippen LogP contribution in [-0.2, 0) is 6.61 Å². The quantitative estimate of drug-likeness (QED) is 0.625. The molecule has 3 aromatic rings. The largest absolute Gasteiger partial charge is 0.489 e. The SMILES string of the molecule is CN/C(=C(\C=N)c1ccncc1)c1ccc(OCc2ccccc2)cc1. The van der Waals surface area contributed by atoms with Gasteiger partial charge in [0.25, 0.3) is 0 Å². The summed E-state index contributed by atoms with van der Waals surface area (Å²) in [5, 5.41) is 11.0. The van der Waals surface area contributed by atoms with Gasteiger partial charge in [0.2, 0.25) is 0 Å². The molecule has 0 fully saturated rings. The van der Waals surface area contributed by atoms with Gasteiger partial charge in [-0.3, -0.25) is 4.98 Å². The smallest absolute Gasteiger partial charge is 0.119 e. The average Bonchev–Trinajstić information content (AvgIpc) is 2.72. The summed E-state index contributed by atoms with van der Waals surface area (Å²) in [5.74, 6) is 0.813. The maximum Gasteiger partial charge on any atom is 0.119 e. The molecule has 0 atom stereocenters. The Labute approximate surface area is 153 Å². The van der Waals surface area contributed by atoms with Gasteiger partial charge in [-0.15, -0.1) is 0 Å². The first-order valence-corrected chi connectivity index (χ1v) is 8.42. The van der Waals surface area contributed by atoms with Gasteiger partial charge < -0.3 is 15.5 Å². The Hall–Kier alpha value is -3.40. The van der Waals surface area contributed by atoms with Gasteiger partial charge in [-0.05, 0) is 53.1 Å². The molecule has 0 aliphatic heterocycles. The fourth-order valence-electron chi connectivity index (χ4n) is 2.72. The lowest BCUT2D eigenvalue weighted by Crippen LogP contribution is -2.08. The minimum absolute atomic E-state index is 0.539. The molecular formula is C22H21N3O. The van der Waals surface area contributed by atoms with Gasteiger partial charge in [0.05, 0.1) is 5.70 Å². The molecule has 3 rings (SSSR count). The van der Waals surface area contributed by atoms with E-state index in [2.05, 4.69) is 10.3 Å². The van der Waals surface area contributed by atoms with Crippen molar-refractivity contribution in [1.82, 2.24) is 10.3 Å². The fourth-order valence-corrected chi connectivity index (χ4v) is 2.72. The number of pyridine rings is 1. The van der Waals surface area contributed by atoms with E-state index in [0.717, 1.165) is 33.7 Å². The van der Waals surface area contributed by atoms with Crippen LogP contribution < -0.4 is 10.1 Å². The van der Waals surface area contributed by atoms with Gasteiger partial charge >= 0.3 is 0 Å². The lowest BCUT2D eigenvalue weighted by molar-refractivity contribution is 0.306. The second-order valence-electron chi connectivity index (χ2n) is 5.72. The minimum Gasteiger partial charge on any atom is -0.489 e. The predicted molar refractivity (Wildman–Crippen MR) is 106 cm³/mol. The van der Waals surface area contributed by atoms with Crippen LogP contribution in [0.4, 0.5) is 0 Å². The molecule has 0 saturated heterocycles. The topological polar surface area (TPSA) is 58.0 Å². The van der Waals surface area contributed by atoms with Crippen LogP contribution in [-0.4, -0.2) is 18.2 Å². The number of rotatable bonds is 7. The molecule has 0 aliphatic carbocycles. The van der Waals surface area contributed by atoms with Crippen molar-refractivity contribution in [3.05, 3.63) is 95.8 Å². The van der Waals surface area contributed by atoms with Crippen LogP contribution in [0.5, 0.6) is 5.75 Å². The van der Waals surface area contributed by atoms with Crippen LogP contribution in [0.15, 0.2) is 79.1 Å². The highest BCUT2D eigenvalue weighted by atomic mass is 16.5. The van der Waals surface area contributed by atoms with E-state index in [4.69, 9.17) is 10.1 Å². The summed E-state index contributed by atoms with van der Waals surface area (Å²) < 4.78 is 5.84. The van der Waals surface area contributed by atoms with Crippen LogP contribution in [0.25, 0.3) is 11.3 Å². The Kier molecular flexibility index (Phi) is 5.78. The molecule has 26 heavy (non-hydrogen) atoms. The predicted octanol–water partition coefficient (Wildman–Crippen LogP) is 4.40. The molecule has 0 aliphatic rings. The van der Waals surface area contributed by atoms with Crippen LogP contribution in [0, 0.1) is 5.41 Å². The molecule has 1 aromatic heterocycles. The number of aromatic nitrogens is 1. The number of allylic oxidation sites excluding steroid dienone is 1. The third-order valence-electron chi connectivity index (χ3n) is 4.05. The van der Waals surface area contributed by atoms with Crippen molar-refractivity contribution >= 4 is 17.5 Å². The number of hydrogen-bond donors (Lipinski definition) is 2. The van der Waals surface area contributed by atoms with Gasteiger partial charge in [0.15, 0.2) is 0 Å². The Morgan fingerprint density at radius 1 is 0.962 bits per heavy atom. The summed E-state index contributed by atoms with van der Waals surface area (Å²) in [4.78, 5) is 4.04. The minimum atomic E-state index is 0.539. The average molecular weight is 343 g/mol. The maximum atomic E-state index is 7.82. The van der Waals surface area contributed by atoms with Gasteiger partial charge in [0, 0.05) is 31.2 Å². The highest BCUT2D eigenvalue weighted by molar-refractivity contribution is 6.17. The Bertz CT molecular complexity index is 872. The number of ether oxygens (including phenoxy) is 1. The van der Waals surface area contributed by atoms with E-state index in [-0.39, 0.29) is 0 Å². The molecule has 0 radical (unpaired) electrons. The molecule has 2 N–H and O–H groups in total. The molecule has 1 heterocycles. The zero-order valence-corrected chi connectivity index (χ0v) is 14.6. The standard InChI is InChI=1S/C22H21N3O/c1-24-22(21(15-23)18-11-13-25-14-12-18)19-7-9-20(10-8-19)26-16-17-5-3-2-4-6-17/h2-15,23-24H,16H2,1H3/b22-21+,23-15?. The second kappa shape index (κ2) is 8.62. The molecule has 4 heteroatoms. The van der Waals surface area contributed by atoms with Crippen molar-refractivity contribution in [2.75, 3.05) is 7.05 Å². The molecule has 0 saturated carbocycles. The fraction of sp³-hybridized carbons (Fsp3) is 0.0909. The van der Waals surface area contributed by atoms with Crippen LogP contribution in [0.1, 0.15) is 16.7 Å². The molecule has 130 valence electrons. The van der Waals surface area contributed by atoms with Gasteiger partial charge in [0.1, 0.15) is 12.4 Å². The third-order valence-corrected chi connectivity index (χ3v) is 4.05. The zero-order valence-electron chi connectivity index (χ0n) is 14.6. The summed E-state index contributed by atoms with van der Waals surface area (Å²) in [6.07, 6.45) is 4.82. The first kappa shape index (κ1) is 17.4. The first-order valence-electron chi connectivity index (χ1n) is 8.42.